The van der Waals surface area contributed by atoms with Gasteiger partial charge in [-0.1, -0.05) is 51.5 Å². The standard InChI is InChI=1S/C25H31F2N3O2/c1-5-10-19(11-6-2)25(31)30(22-12-8-7-9-13-22)17-21-15-14-20(16-29-21)24(28-4)32-18(3)23(26)27/h7-9,12-16,19,23H,3,5-6,10-11,17H2,1-2,4H3. The molecule has 0 atom stereocenters. The Labute approximate surface area is 188 Å². The van der Waals surface area contributed by atoms with Crippen molar-refractivity contribution < 1.29 is 18.3 Å². The second-order valence-corrected chi connectivity index (χ2v) is 7.47. The van der Waals surface area contributed by atoms with Gasteiger partial charge >= 0.3 is 0 Å². The molecule has 0 aliphatic rings. The number of hydrogen-bond acceptors (Lipinski definition) is 4. The zero-order chi connectivity index (χ0) is 23.5. The molecule has 0 saturated carbocycles. The molecule has 172 valence electrons. The Hall–Kier alpha value is -3.09. The summed E-state index contributed by atoms with van der Waals surface area (Å²) in [4.78, 5) is 23.5. The first-order chi connectivity index (χ1) is 15.4. The van der Waals surface area contributed by atoms with Gasteiger partial charge in [-0.05, 0) is 37.1 Å². The van der Waals surface area contributed by atoms with Gasteiger partial charge in [-0.3, -0.25) is 14.8 Å². The van der Waals surface area contributed by atoms with E-state index in [2.05, 4.69) is 30.4 Å². The summed E-state index contributed by atoms with van der Waals surface area (Å²) < 4.78 is 30.5. The van der Waals surface area contributed by atoms with Crippen LogP contribution in [0.25, 0.3) is 0 Å². The van der Waals surface area contributed by atoms with Crippen molar-refractivity contribution in [1.29, 1.82) is 0 Å². The number of benzene rings is 1. The fourth-order valence-electron chi connectivity index (χ4n) is 3.42. The summed E-state index contributed by atoms with van der Waals surface area (Å²) in [5.74, 6) is -0.625. The highest BCUT2D eigenvalue weighted by Gasteiger charge is 2.25. The molecule has 0 unspecified atom stereocenters. The lowest BCUT2D eigenvalue weighted by atomic mass is 9.96. The van der Waals surface area contributed by atoms with Crippen LogP contribution in [0.3, 0.4) is 0 Å². The molecule has 1 amide bonds. The fraction of sp³-hybridized carbons (Fsp3) is 0.400. The van der Waals surface area contributed by atoms with Gasteiger partial charge in [-0.25, -0.2) is 8.78 Å². The van der Waals surface area contributed by atoms with Crippen LogP contribution in [0, 0.1) is 5.92 Å². The van der Waals surface area contributed by atoms with Crippen LogP contribution in [-0.4, -0.2) is 30.3 Å². The van der Waals surface area contributed by atoms with E-state index in [0.29, 0.717) is 17.8 Å². The number of alkyl halides is 2. The minimum atomic E-state index is -2.80. The number of carbonyl (C=O) groups excluding carboxylic acids is 1. The van der Waals surface area contributed by atoms with Gasteiger partial charge in [0.05, 0.1) is 17.8 Å². The van der Waals surface area contributed by atoms with E-state index in [9.17, 15) is 13.6 Å². The van der Waals surface area contributed by atoms with Crippen LogP contribution < -0.4 is 4.90 Å². The molecule has 0 N–H and O–H groups in total. The lowest BCUT2D eigenvalue weighted by Gasteiger charge is -2.27. The quantitative estimate of drug-likeness (QED) is 0.243. The monoisotopic (exact) mass is 443 g/mol. The Morgan fingerprint density at radius 3 is 2.28 bits per heavy atom. The van der Waals surface area contributed by atoms with Gasteiger partial charge in [0.1, 0.15) is 0 Å². The summed E-state index contributed by atoms with van der Waals surface area (Å²) in [6, 6.07) is 13.0. The molecule has 0 bridgehead atoms. The van der Waals surface area contributed by atoms with E-state index in [1.807, 2.05) is 30.3 Å². The van der Waals surface area contributed by atoms with E-state index in [1.165, 1.54) is 13.2 Å². The lowest BCUT2D eigenvalue weighted by molar-refractivity contribution is -0.123. The molecule has 0 spiro atoms. The summed E-state index contributed by atoms with van der Waals surface area (Å²) in [7, 11) is 1.44. The first-order valence-corrected chi connectivity index (χ1v) is 10.8. The molecule has 32 heavy (non-hydrogen) atoms. The summed E-state index contributed by atoms with van der Waals surface area (Å²) >= 11 is 0. The van der Waals surface area contributed by atoms with Gasteiger partial charge in [0.2, 0.25) is 11.8 Å². The molecule has 0 radical (unpaired) electrons. The highest BCUT2D eigenvalue weighted by Crippen LogP contribution is 2.24. The van der Waals surface area contributed by atoms with E-state index >= 15 is 0 Å². The molecular formula is C25H31F2N3O2. The van der Waals surface area contributed by atoms with E-state index in [4.69, 9.17) is 4.74 Å². The lowest BCUT2D eigenvalue weighted by Crippen LogP contribution is -2.36. The van der Waals surface area contributed by atoms with Crippen molar-refractivity contribution in [3.05, 3.63) is 72.3 Å². The molecule has 2 aromatic rings. The van der Waals surface area contributed by atoms with Crippen LogP contribution in [0.4, 0.5) is 14.5 Å². The number of halogens is 2. The number of carbonyl (C=O) groups is 1. The van der Waals surface area contributed by atoms with Gasteiger partial charge in [0, 0.05) is 24.8 Å². The Kier molecular flexibility index (Phi) is 9.98. The van der Waals surface area contributed by atoms with Crippen molar-refractivity contribution in [1.82, 2.24) is 4.98 Å². The number of pyridine rings is 1. The number of amides is 1. The summed E-state index contributed by atoms with van der Waals surface area (Å²) in [6.45, 7) is 7.68. The number of ether oxygens (including phenoxy) is 1. The van der Waals surface area contributed by atoms with Gasteiger partial charge in [0.25, 0.3) is 6.43 Å². The molecule has 2 rings (SSSR count). The predicted octanol–water partition coefficient (Wildman–Crippen LogP) is 6.00. The zero-order valence-electron chi connectivity index (χ0n) is 18.9. The molecule has 1 aromatic carbocycles. The van der Waals surface area contributed by atoms with Crippen molar-refractivity contribution in [2.75, 3.05) is 11.9 Å². The number of aromatic nitrogens is 1. The normalized spacial score (nSPS) is 11.7. The van der Waals surface area contributed by atoms with E-state index in [1.54, 1.807) is 17.0 Å². The van der Waals surface area contributed by atoms with Crippen LogP contribution >= 0.6 is 0 Å². The molecule has 7 heteroatoms. The number of rotatable bonds is 11. The van der Waals surface area contributed by atoms with E-state index in [-0.39, 0.29) is 17.7 Å². The predicted molar refractivity (Wildman–Crippen MR) is 124 cm³/mol. The van der Waals surface area contributed by atoms with Gasteiger partial charge in [-0.2, -0.15) is 0 Å². The molecule has 0 aliphatic carbocycles. The van der Waals surface area contributed by atoms with Crippen molar-refractivity contribution in [3.8, 4) is 0 Å². The Bertz CT molecular complexity index is 893. The highest BCUT2D eigenvalue weighted by atomic mass is 19.3. The number of nitrogens with zero attached hydrogens (tertiary/aromatic N) is 3. The number of aliphatic imine (C=N–C) groups is 1. The van der Waals surface area contributed by atoms with Crippen molar-refractivity contribution in [2.24, 2.45) is 10.9 Å². The average molecular weight is 444 g/mol. The Balaban J connectivity index is 2.26. The van der Waals surface area contributed by atoms with Crippen LogP contribution in [0.2, 0.25) is 0 Å². The van der Waals surface area contributed by atoms with Crippen molar-refractivity contribution >= 4 is 17.5 Å². The van der Waals surface area contributed by atoms with Crippen LogP contribution in [0.5, 0.6) is 0 Å². The number of para-hydroxylation sites is 1. The maximum atomic E-state index is 13.4. The third-order valence-electron chi connectivity index (χ3n) is 5.02. The molecule has 5 nitrogen and oxygen atoms in total. The fourth-order valence-corrected chi connectivity index (χ4v) is 3.42. The van der Waals surface area contributed by atoms with Crippen LogP contribution in [-0.2, 0) is 16.1 Å². The van der Waals surface area contributed by atoms with Gasteiger partial charge in [0.15, 0.2) is 5.76 Å². The van der Waals surface area contributed by atoms with Crippen molar-refractivity contribution in [2.45, 2.75) is 52.5 Å². The number of anilines is 1. The minimum absolute atomic E-state index is 0.0105. The first kappa shape index (κ1) is 25.2. The topological polar surface area (TPSA) is 54.8 Å². The molecule has 1 heterocycles. The summed E-state index contributed by atoms with van der Waals surface area (Å²) in [5, 5.41) is 0. The number of hydrogen-bond donors (Lipinski definition) is 0. The third kappa shape index (κ3) is 6.97. The summed E-state index contributed by atoms with van der Waals surface area (Å²) in [5.41, 5.74) is 1.93. The van der Waals surface area contributed by atoms with E-state index in [0.717, 1.165) is 31.4 Å². The molecule has 0 fully saturated rings. The molecular weight excluding hydrogens is 412 g/mol. The third-order valence-corrected chi connectivity index (χ3v) is 5.02. The smallest absolute Gasteiger partial charge is 0.294 e. The Morgan fingerprint density at radius 1 is 1.12 bits per heavy atom. The zero-order valence-corrected chi connectivity index (χ0v) is 18.9. The number of allylic oxidation sites excluding steroid dienone is 1. The Morgan fingerprint density at radius 2 is 1.78 bits per heavy atom. The largest absolute Gasteiger partial charge is 0.438 e. The van der Waals surface area contributed by atoms with E-state index < -0.39 is 12.2 Å². The van der Waals surface area contributed by atoms with Gasteiger partial charge < -0.3 is 9.64 Å². The van der Waals surface area contributed by atoms with Gasteiger partial charge in [-0.15, -0.1) is 0 Å². The van der Waals surface area contributed by atoms with Crippen LogP contribution in [0.15, 0.2) is 66.0 Å². The van der Waals surface area contributed by atoms with Crippen LogP contribution in [0.1, 0.15) is 50.8 Å². The highest BCUT2D eigenvalue weighted by molar-refractivity contribution is 5.95. The first-order valence-electron chi connectivity index (χ1n) is 10.8. The summed E-state index contributed by atoms with van der Waals surface area (Å²) in [6.07, 6.45) is 2.25. The molecule has 0 aliphatic heterocycles. The second kappa shape index (κ2) is 12.7. The molecule has 0 saturated heterocycles. The second-order valence-electron chi connectivity index (χ2n) is 7.47. The maximum absolute atomic E-state index is 13.4. The minimum Gasteiger partial charge on any atom is -0.438 e. The maximum Gasteiger partial charge on any atom is 0.294 e. The van der Waals surface area contributed by atoms with Crippen molar-refractivity contribution in [3.63, 3.8) is 0 Å². The SMILES string of the molecule is C=C(OC(=NC)c1ccc(CN(C(=O)C(CCC)CCC)c2ccccc2)nc1)C(F)F. The average Bonchev–Trinajstić information content (AvgIpc) is 2.81. The molecule has 1 aromatic heterocycles.